The van der Waals surface area contributed by atoms with Gasteiger partial charge < -0.3 is 5.32 Å². The normalized spacial score (nSPS) is 16.9. The van der Waals surface area contributed by atoms with E-state index in [2.05, 4.69) is 5.32 Å². The first kappa shape index (κ1) is 18.5. The molecule has 0 saturated heterocycles. The highest BCUT2D eigenvalue weighted by atomic mass is 32.2. The minimum atomic E-state index is -4.32. The molecular formula is C14H18F3N3O3S. The van der Waals surface area contributed by atoms with Crippen LogP contribution < -0.4 is 5.32 Å². The van der Waals surface area contributed by atoms with Crippen molar-refractivity contribution in [1.29, 1.82) is 0 Å². The summed E-state index contributed by atoms with van der Waals surface area (Å²) < 4.78 is 62.8. The second kappa shape index (κ2) is 6.98. The molecule has 0 saturated carbocycles. The van der Waals surface area contributed by atoms with Crippen molar-refractivity contribution >= 4 is 21.7 Å². The molecule has 6 nitrogen and oxygen atoms in total. The molecule has 24 heavy (non-hydrogen) atoms. The molecule has 0 spiro atoms. The summed E-state index contributed by atoms with van der Waals surface area (Å²) in [5.74, 6) is 0. The van der Waals surface area contributed by atoms with E-state index in [4.69, 9.17) is 0 Å². The summed E-state index contributed by atoms with van der Waals surface area (Å²) in [6.45, 7) is 0.562. The van der Waals surface area contributed by atoms with Crippen molar-refractivity contribution in [3.05, 3.63) is 24.3 Å². The first-order valence-electron chi connectivity index (χ1n) is 7.37. The molecule has 0 aliphatic carbocycles. The van der Waals surface area contributed by atoms with Gasteiger partial charge in [-0.25, -0.2) is 17.5 Å². The average Bonchev–Trinajstić information content (AvgIpc) is 2.48. The molecule has 134 valence electrons. The Morgan fingerprint density at radius 1 is 1.25 bits per heavy atom. The molecule has 2 amide bonds. The first-order chi connectivity index (χ1) is 11.1. The minimum Gasteiger partial charge on any atom is -0.306 e. The number of alkyl halides is 3. The van der Waals surface area contributed by atoms with E-state index >= 15 is 0 Å². The van der Waals surface area contributed by atoms with Gasteiger partial charge in [0.05, 0.1) is 12.2 Å². The molecule has 1 aromatic rings. The number of nitrogens with one attached hydrogen (secondary N) is 1. The molecule has 1 heterocycles. The number of carbonyl (C=O) groups is 1. The second-order valence-electron chi connectivity index (χ2n) is 5.34. The predicted molar refractivity (Wildman–Crippen MR) is 82.1 cm³/mol. The van der Waals surface area contributed by atoms with Crippen LogP contribution in [0.5, 0.6) is 0 Å². The van der Waals surface area contributed by atoms with Crippen molar-refractivity contribution < 1.29 is 26.4 Å². The van der Waals surface area contributed by atoms with E-state index in [0.717, 1.165) is 4.90 Å². The van der Waals surface area contributed by atoms with Gasteiger partial charge in [0.25, 0.3) is 10.0 Å². The third-order valence-electron chi connectivity index (χ3n) is 3.61. The monoisotopic (exact) mass is 365 g/mol. The Balaban J connectivity index is 2.04. The summed E-state index contributed by atoms with van der Waals surface area (Å²) in [4.78, 5) is 13.1. The summed E-state index contributed by atoms with van der Waals surface area (Å²) in [5.41, 5.74) is 0.200. The van der Waals surface area contributed by atoms with Gasteiger partial charge in [0, 0.05) is 13.1 Å². The van der Waals surface area contributed by atoms with Gasteiger partial charge in [-0.15, -0.1) is 0 Å². The van der Waals surface area contributed by atoms with E-state index in [-0.39, 0.29) is 36.6 Å². The SMILES string of the molecule is CCN(CCCN1C(=O)Nc2ccccc2S1(=O)=O)CC(F)(F)F. The molecule has 0 atom stereocenters. The molecule has 2 rings (SSSR count). The number of fused-ring (bicyclic) bond motifs is 1. The van der Waals surface area contributed by atoms with E-state index in [1.54, 1.807) is 13.0 Å². The van der Waals surface area contributed by atoms with Crippen LogP contribution in [0.2, 0.25) is 0 Å². The number of nitrogens with zero attached hydrogens (tertiary/aromatic N) is 2. The average molecular weight is 365 g/mol. The smallest absolute Gasteiger partial charge is 0.306 e. The topological polar surface area (TPSA) is 69.7 Å². The zero-order valence-corrected chi connectivity index (χ0v) is 13.8. The lowest BCUT2D eigenvalue weighted by atomic mass is 10.3. The van der Waals surface area contributed by atoms with Crippen LogP contribution in [0, 0.1) is 0 Å². The Morgan fingerprint density at radius 2 is 1.92 bits per heavy atom. The fourth-order valence-electron chi connectivity index (χ4n) is 2.46. The van der Waals surface area contributed by atoms with E-state index < -0.39 is 28.8 Å². The highest BCUT2D eigenvalue weighted by molar-refractivity contribution is 7.90. The lowest BCUT2D eigenvalue weighted by molar-refractivity contribution is -0.145. The first-order valence-corrected chi connectivity index (χ1v) is 8.81. The summed E-state index contributed by atoms with van der Waals surface area (Å²) >= 11 is 0. The maximum atomic E-state index is 12.5. The van der Waals surface area contributed by atoms with Crippen LogP contribution >= 0.6 is 0 Å². The van der Waals surface area contributed by atoms with Crippen LogP contribution in [0.4, 0.5) is 23.7 Å². The van der Waals surface area contributed by atoms with Gasteiger partial charge in [-0.1, -0.05) is 19.1 Å². The number of hydrogen-bond donors (Lipinski definition) is 1. The zero-order valence-electron chi connectivity index (χ0n) is 13.0. The number of halogens is 3. The number of hydrogen-bond acceptors (Lipinski definition) is 4. The van der Waals surface area contributed by atoms with Crippen molar-refractivity contribution in [3.63, 3.8) is 0 Å². The largest absolute Gasteiger partial charge is 0.401 e. The highest BCUT2D eigenvalue weighted by Crippen LogP contribution is 2.29. The van der Waals surface area contributed by atoms with Gasteiger partial charge in [-0.2, -0.15) is 13.2 Å². The number of anilines is 1. The number of carbonyl (C=O) groups excluding carboxylic acids is 1. The van der Waals surface area contributed by atoms with E-state index in [9.17, 15) is 26.4 Å². The van der Waals surface area contributed by atoms with Crippen LogP contribution in [-0.4, -0.2) is 56.0 Å². The van der Waals surface area contributed by atoms with Gasteiger partial charge in [-0.3, -0.25) is 4.90 Å². The number of benzene rings is 1. The van der Waals surface area contributed by atoms with E-state index in [0.29, 0.717) is 4.31 Å². The maximum absolute atomic E-state index is 12.5. The number of rotatable bonds is 6. The Kier molecular flexibility index (Phi) is 5.38. The molecular weight excluding hydrogens is 347 g/mol. The van der Waals surface area contributed by atoms with Gasteiger partial charge in [0.15, 0.2) is 0 Å². The van der Waals surface area contributed by atoms with E-state index in [1.165, 1.54) is 18.2 Å². The molecule has 10 heteroatoms. The zero-order chi connectivity index (χ0) is 18.0. The molecule has 0 radical (unpaired) electrons. The fraction of sp³-hybridized carbons (Fsp3) is 0.500. The summed E-state index contributed by atoms with van der Waals surface area (Å²) in [5, 5.41) is 2.47. The standard InChI is InChI=1S/C14H18F3N3O3S/c1-2-19(10-14(15,16)17)8-5-9-20-13(21)18-11-6-3-4-7-12(11)24(20,22)23/h3-4,6-7H,2,5,8-10H2,1H3,(H,18,21). The van der Waals surface area contributed by atoms with Gasteiger partial charge >= 0.3 is 12.2 Å². The minimum absolute atomic E-state index is 0.0211. The quantitative estimate of drug-likeness (QED) is 0.841. The summed E-state index contributed by atoms with van der Waals surface area (Å²) in [6, 6.07) is 5.19. The van der Waals surface area contributed by atoms with Crippen LogP contribution in [-0.2, 0) is 10.0 Å². The Labute approximate surface area is 138 Å². The Bertz CT molecular complexity index is 707. The number of para-hydroxylation sites is 1. The number of sulfonamides is 1. The Morgan fingerprint density at radius 3 is 2.54 bits per heavy atom. The van der Waals surface area contributed by atoms with Gasteiger partial charge in [0.2, 0.25) is 0 Å². The second-order valence-corrected chi connectivity index (χ2v) is 7.17. The van der Waals surface area contributed by atoms with Crippen molar-refractivity contribution in [2.45, 2.75) is 24.4 Å². The fourth-order valence-corrected chi connectivity index (χ4v) is 3.98. The molecule has 0 aromatic heterocycles. The van der Waals surface area contributed by atoms with Crippen molar-refractivity contribution in [2.75, 3.05) is 31.5 Å². The van der Waals surface area contributed by atoms with Crippen molar-refractivity contribution in [3.8, 4) is 0 Å². The third-order valence-corrected chi connectivity index (χ3v) is 5.45. The highest BCUT2D eigenvalue weighted by Gasteiger charge is 2.36. The third kappa shape index (κ3) is 4.18. The summed E-state index contributed by atoms with van der Waals surface area (Å²) in [7, 11) is -3.99. The molecule has 1 aliphatic heterocycles. The molecule has 1 aromatic carbocycles. The van der Waals surface area contributed by atoms with Crippen molar-refractivity contribution in [2.24, 2.45) is 0 Å². The van der Waals surface area contributed by atoms with Gasteiger partial charge in [-0.05, 0) is 25.1 Å². The van der Waals surface area contributed by atoms with Gasteiger partial charge in [0.1, 0.15) is 4.90 Å². The molecule has 1 aliphatic rings. The number of urea groups is 1. The van der Waals surface area contributed by atoms with Crippen LogP contribution in [0.15, 0.2) is 29.2 Å². The maximum Gasteiger partial charge on any atom is 0.401 e. The van der Waals surface area contributed by atoms with Crippen LogP contribution in [0.1, 0.15) is 13.3 Å². The number of amides is 2. The van der Waals surface area contributed by atoms with Crippen molar-refractivity contribution in [1.82, 2.24) is 9.21 Å². The lowest BCUT2D eigenvalue weighted by Gasteiger charge is -2.29. The molecule has 0 unspecified atom stereocenters. The molecule has 0 bridgehead atoms. The van der Waals surface area contributed by atoms with Crippen LogP contribution in [0.3, 0.4) is 0 Å². The summed E-state index contributed by atoms with van der Waals surface area (Å²) in [6.07, 6.45) is -4.21. The Hall–Kier alpha value is -1.81. The van der Waals surface area contributed by atoms with E-state index in [1.807, 2.05) is 0 Å². The predicted octanol–water partition coefficient (Wildman–Crippen LogP) is 2.50. The molecule has 1 N–H and O–H groups in total. The lowest BCUT2D eigenvalue weighted by Crippen LogP contribution is -2.45. The molecule has 0 fully saturated rings. The van der Waals surface area contributed by atoms with Crippen LogP contribution in [0.25, 0.3) is 0 Å².